The fourth-order valence-corrected chi connectivity index (χ4v) is 5.63. The van der Waals surface area contributed by atoms with E-state index < -0.39 is 0 Å². The number of carbonyl (C=O) groups is 1. The zero-order valence-electron chi connectivity index (χ0n) is 26.9. The number of rotatable bonds is 13. The van der Waals surface area contributed by atoms with E-state index in [1.807, 2.05) is 17.2 Å². The van der Waals surface area contributed by atoms with Crippen molar-refractivity contribution < 1.29 is 42.4 Å². The monoisotopic (exact) mass is 644 g/mol. The molecule has 0 saturated carbocycles. The number of methoxy groups -OCH3 is 5. The van der Waals surface area contributed by atoms with Crippen molar-refractivity contribution in [2.24, 2.45) is 4.99 Å². The SMILES string of the molecule is COc1ccc(-c2nnc(-c3cc(OC)c(OC)c(OC)c3)o2)cc1OCCCOc1cc2c(cc1OC)C(=O)N1CCC[C@H]1C=N2. The smallest absolute Gasteiger partial charge is 0.256 e. The first-order chi connectivity index (χ1) is 23.0. The first-order valence-electron chi connectivity index (χ1n) is 15.1. The summed E-state index contributed by atoms with van der Waals surface area (Å²) in [5.74, 6) is 3.98. The lowest BCUT2D eigenvalue weighted by Gasteiger charge is -2.20. The van der Waals surface area contributed by atoms with Gasteiger partial charge in [-0.3, -0.25) is 9.79 Å². The molecule has 1 aromatic heterocycles. The lowest BCUT2D eigenvalue weighted by Crippen LogP contribution is -2.35. The molecule has 4 aromatic rings. The van der Waals surface area contributed by atoms with Crippen molar-refractivity contribution >= 4 is 17.8 Å². The largest absolute Gasteiger partial charge is 0.493 e. The van der Waals surface area contributed by atoms with Crippen LogP contribution in [0, 0.1) is 0 Å². The molecule has 1 atom stereocenters. The van der Waals surface area contributed by atoms with Gasteiger partial charge in [0.25, 0.3) is 5.91 Å². The third-order valence-electron chi connectivity index (χ3n) is 8.01. The molecular weight excluding hydrogens is 608 g/mol. The first kappa shape index (κ1) is 31.5. The molecule has 2 aliphatic heterocycles. The van der Waals surface area contributed by atoms with Crippen LogP contribution in [0.1, 0.15) is 29.6 Å². The van der Waals surface area contributed by atoms with Gasteiger partial charge in [-0.25, -0.2) is 0 Å². The van der Waals surface area contributed by atoms with Crippen molar-refractivity contribution in [3.63, 3.8) is 0 Å². The molecule has 1 fully saturated rings. The second-order valence-electron chi connectivity index (χ2n) is 10.7. The highest BCUT2D eigenvalue weighted by atomic mass is 16.5. The van der Waals surface area contributed by atoms with Gasteiger partial charge in [0, 0.05) is 36.4 Å². The van der Waals surface area contributed by atoms with Gasteiger partial charge in [0.2, 0.25) is 17.5 Å². The highest BCUT2D eigenvalue weighted by Gasteiger charge is 2.32. The summed E-state index contributed by atoms with van der Waals surface area (Å²) in [6.07, 6.45) is 4.30. The molecule has 2 aliphatic rings. The van der Waals surface area contributed by atoms with E-state index in [1.54, 1.807) is 50.6 Å². The van der Waals surface area contributed by atoms with Gasteiger partial charge in [-0.05, 0) is 49.2 Å². The number of amides is 1. The summed E-state index contributed by atoms with van der Waals surface area (Å²) in [5.41, 5.74) is 2.34. The van der Waals surface area contributed by atoms with Gasteiger partial charge in [0.1, 0.15) is 0 Å². The van der Waals surface area contributed by atoms with Gasteiger partial charge < -0.3 is 42.5 Å². The van der Waals surface area contributed by atoms with Crippen LogP contribution in [0.4, 0.5) is 5.69 Å². The normalized spacial score (nSPS) is 15.0. The van der Waals surface area contributed by atoms with E-state index in [0.29, 0.717) is 88.1 Å². The van der Waals surface area contributed by atoms with Crippen LogP contribution in [-0.2, 0) is 0 Å². The Labute approximate surface area is 272 Å². The van der Waals surface area contributed by atoms with E-state index >= 15 is 0 Å². The minimum absolute atomic E-state index is 0.0291. The van der Waals surface area contributed by atoms with Gasteiger partial charge in [0.15, 0.2) is 34.5 Å². The highest BCUT2D eigenvalue weighted by Crippen LogP contribution is 2.42. The molecule has 0 aliphatic carbocycles. The Morgan fingerprint density at radius 2 is 1.38 bits per heavy atom. The topological polar surface area (TPSA) is 136 Å². The second-order valence-corrected chi connectivity index (χ2v) is 10.7. The van der Waals surface area contributed by atoms with Crippen molar-refractivity contribution in [1.29, 1.82) is 0 Å². The van der Waals surface area contributed by atoms with E-state index in [4.69, 9.17) is 37.6 Å². The van der Waals surface area contributed by atoms with Crippen LogP contribution in [0.5, 0.6) is 40.2 Å². The van der Waals surface area contributed by atoms with Crippen molar-refractivity contribution in [2.75, 3.05) is 55.3 Å². The Balaban J connectivity index is 1.11. The third-order valence-corrected chi connectivity index (χ3v) is 8.01. The number of carbonyl (C=O) groups excluding carboxylic acids is 1. The number of fused-ring (bicyclic) bond motifs is 2. The lowest BCUT2D eigenvalue weighted by atomic mass is 10.1. The van der Waals surface area contributed by atoms with E-state index in [9.17, 15) is 4.79 Å². The van der Waals surface area contributed by atoms with Crippen molar-refractivity contribution in [3.8, 4) is 63.2 Å². The fourth-order valence-electron chi connectivity index (χ4n) is 5.63. The van der Waals surface area contributed by atoms with Crippen LogP contribution in [0.25, 0.3) is 22.9 Å². The maximum absolute atomic E-state index is 13.1. The zero-order chi connectivity index (χ0) is 32.9. The molecule has 13 nitrogen and oxygen atoms in total. The van der Waals surface area contributed by atoms with Gasteiger partial charge in [-0.2, -0.15) is 0 Å². The summed E-state index contributed by atoms with van der Waals surface area (Å²) in [6, 6.07) is 12.3. The predicted octanol–water partition coefficient (Wildman–Crippen LogP) is 5.62. The number of nitrogens with zero attached hydrogens (tertiary/aromatic N) is 4. The van der Waals surface area contributed by atoms with Crippen molar-refractivity contribution in [2.45, 2.75) is 25.3 Å². The van der Waals surface area contributed by atoms with Crippen LogP contribution in [0.2, 0.25) is 0 Å². The minimum Gasteiger partial charge on any atom is -0.493 e. The molecule has 0 radical (unpaired) electrons. The lowest BCUT2D eigenvalue weighted by molar-refractivity contribution is 0.0774. The number of hydrogen-bond acceptors (Lipinski definition) is 12. The number of aromatic nitrogens is 2. The number of aliphatic imine (C=N–C) groups is 1. The Bertz CT molecular complexity index is 1760. The zero-order valence-corrected chi connectivity index (χ0v) is 26.9. The second kappa shape index (κ2) is 13.9. The van der Waals surface area contributed by atoms with Gasteiger partial charge in [0.05, 0.1) is 66.1 Å². The summed E-state index contributed by atoms with van der Waals surface area (Å²) >= 11 is 0. The van der Waals surface area contributed by atoms with Crippen molar-refractivity contribution in [3.05, 3.63) is 48.0 Å². The van der Waals surface area contributed by atoms with Crippen LogP contribution >= 0.6 is 0 Å². The molecule has 13 heteroatoms. The van der Waals surface area contributed by atoms with Crippen LogP contribution in [0.15, 0.2) is 51.9 Å². The summed E-state index contributed by atoms with van der Waals surface area (Å²) in [5, 5.41) is 8.46. The summed E-state index contributed by atoms with van der Waals surface area (Å²) < 4.78 is 45.5. The average Bonchev–Trinajstić information content (AvgIpc) is 3.78. The minimum atomic E-state index is -0.0348. The number of benzene rings is 3. The molecule has 246 valence electrons. The molecule has 0 bridgehead atoms. The van der Waals surface area contributed by atoms with Crippen molar-refractivity contribution in [1.82, 2.24) is 15.1 Å². The summed E-state index contributed by atoms with van der Waals surface area (Å²) in [4.78, 5) is 19.6. The summed E-state index contributed by atoms with van der Waals surface area (Å²) in [6.45, 7) is 1.40. The van der Waals surface area contributed by atoms with Gasteiger partial charge in [-0.15, -0.1) is 10.2 Å². The summed E-state index contributed by atoms with van der Waals surface area (Å²) in [7, 11) is 7.74. The predicted molar refractivity (Wildman–Crippen MR) is 172 cm³/mol. The van der Waals surface area contributed by atoms with Gasteiger partial charge in [-0.1, -0.05) is 0 Å². The molecule has 0 unspecified atom stereocenters. The van der Waals surface area contributed by atoms with E-state index in [-0.39, 0.29) is 17.8 Å². The van der Waals surface area contributed by atoms with Crippen LogP contribution in [0.3, 0.4) is 0 Å². The Hall–Kier alpha value is -5.46. The Kier molecular flexibility index (Phi) is 9.32. The molecule has 1 amide bonds. The Morgan fingerprint density at radius 1 is 0.745 bits per heavy atom. The molecule has 6 rings (SSSR count). The molecule has 0 N–H and O–H groups in total. The maximum atomic E-state index is 13.1. The first-order valence-corrected chi connectivity index (χ1v) is 15.1. The third kappa shape index (κ3) is 6.33. The maximum Gasteiger partial charge on any atom is 0.256 e. The quantitative estimate of drug-likeness (QED) is 0.168. The van der Waals surface area contributed by atoms with E-state index in [2.05, 4.69) is 15.2 Å². The van der Waals surface area contributed by atoms with Gasteiger partial charge >= 0.3 is 0 Å². The molecule has 0 spiro atoms. The molecule has 3 aromatic carbocycles. The standard InChI is InChI=1S/C34H36N4O9/c1-40-25-10-9-20(32-36-37-33(47-32)21-15-29(42-3)31(44-5)30(16-21)43-4)14-27(25)45-12-7-13-46-28-18-24-23(17-26(28)41-2)34(39)38-11-6-8-22(38)19-35-24/h9-10,14-19,22H,6-8,11-13H2,1-5H3/t22-/m0/s1. The highest BCUT2D eigenvalue weighted by molar-refractivity contribution is 6.03. The molecule has 47 heavy (non-hydrogen) atoms. The van der Waals surface area contributed by atoms with E-state index in [1.165, 1.54) is 21.3 Å². The average molecular weight is 645 g/mol. The molecule has 3 heterocycles. The fraction of sp³-hybridized carbons (Fsp3) is 0.353. The Morgan fingerprint density at radius 3 is 2.04 bits per heavy atom. The van der Waals surface area contributed by atoms with Crippen LogP contribution < -0.4 is 33.2 Å². The van der Waals surface area contributed by atoms with E-state index in [0.717, 1.165) is 19.4 Å². The number of hydrogen-bond donors (Lipinski definition) is 0. The molecular formula is C34H36N4O9. The number of ether oxygens (including phenoxy) is 7. The molecule has 1 saturated heterocycles. The van der Waals surface area contributed by atoms with Crippen LogP contribution in [-0.4, -0.2) is 88.6 Å².